The van der Waals surface area contributed by atoms with Gasteiger partial charge in [0.05, 0.1) is 17.7 Å². The van der Waals surface area contributed by atoms with Crippen LogP contribution in [0.5, 0.6) is 0 Å². The van der Waals surface area contributed by atoms with Gasteiger partial charge in [-0.05, 0) is 19.8 Å². The van der Waals surface area contributed by atoms with E-state index in [1.807, 2.05) is 12.3 Å². The molecule has 2 amide bonds. The van der Waals surface area contributed by atoms with E-state index < -0.39 is 5.97 Å². The number of amides is 2. The van der Waals surface area contributed by atoms with Gasteiger partial charge in [0.2, 0.25) is 0 Å². The number of carboxylic acid groups (broad SMARTS) is 1. The molecule has 0 aliphatic carbocycles. The van der Waals surface area contributed by atoms with Crippen LogP contribution in [0.2, 0.25) is 0 Å². The zero-order valence-electron chi connectivity index (χ0n) is 10.2. The summed E-state index contributed by atoms with van der Waals surface area (Å²) in [6.45, 7) is 2.25. The van der Waals surface area contributed by atoms with E-state index in [1.165, 1.54) is 11.3 Å². The van der Waals surface area contributed by atoms with Crippen LogP contribution in [-0.2, 0) is 11.3 Å². The maximum Gasteiger partial charge on any atom is 0.315 e. The van der Waals surface area contributed by atoms with Crippen molar-refractivity contribution in [1.29, 1.82) is 0 Å². The van der Waals surface area contributed by atoms with Crippen molar-refractivity contribution in [3.8, 4) is 0 Å². The first-order valence-electron chi connectivity index (χ1n) is 5.71. The first kappa shape index (κ1) is 14.4. The van der Waals surface area contributed by atoms with Crippen molar-refractivity contribution in [3.05, 3.63) is 16.6 Å². The highest BCUT2D eigenvalue weighted by molar-refractivity contribution is 7.07. The average molecular weight is 271 g/mol. The molecular weight excluding hydrogens is 254 g/mol. The molecular formula is C11H17N3O3S. The Balaban J connectivity index is 2.13. The van der Waals surface area contributed by atoms with Crippen LogP contribution in [0.4, 0.5) is 4.79 Å². The molecule has 0 bridgehead atoms. The molecule has 1 unspecified atom stereocenters. The normalized spacial score (nSPS) is 11.8. The summed E-state index contributed by atoms with van der Waals surface area (Å²) in [6.07, 6.45) is 1.34. The van der Waals surface area contributed by atoms with Crippen molar-refractivity contribution in [2.75, 3.05) is 0 Å². The van der Waals surface area contributed by atoms with Gasteiger partial charge in [-0.1, -0.05) is 0 Å². The number of thiazole rings is 1. The Morgan fingerprint density at radius 3 is 2.94 bits per heavy atom. The Labute approximate surface area is 109 Å². The minimum atomic E-state index is -0.810. The molecule has 7 heteroatoms. The van der Waals surface area contributed by atoms with Gasteiger partial charge in [-0.25, -0.2) is 9.78 Å². The molecule has 0 aliphatic rings. The second kappa shape index (κ2) is 7.65. The number of nitrogens with one attached hydrogen (secondary N) is 2. The molecule has 0 aliphatic heterocycles. The standard InChI is InChI=1S/C11H17N3O3S/c1-8(3-2-4-10(15)16)14-11(17)12-5-9-6-18-7-13-9/h6-8H,2-5H2,1H3,(H,15,16)(H2,12,14,17). The Bertz CT molecular complexity index is 381. The molecule has 0 saturated carbocycles. The number of rotatable bonds is 7. The molecule has 18 heavy (non-hydrogen) atoms. The molecule has 0 fully saturated rings. The van der Waals surface area contributed by atoms with Gasteiger partial charge in [0.1, 0.15) is 0 Å². The lowest BCUT2D eigenvalue weighted by Gasteiger charge is -2.13. The summed E-state index contributed by atoms with van der Waals surface area (Å²) < 4.78 is 0. The van der Waals surface area contributed by atoms with Crippen LogP contribution >= 0.6 is 11.3 Å². The van der Waals surface area contributed by atoms with E-state index in [0.717, 1.165) is 5.69 Å². The minimum Gasteiger partial charge on any atom is -0.481 e. The average Bonchev–Trinajstić information content (AvgIpc) is 2.78. The van der Waals surface area contributed by atoms with Crippen molar-refractivity contribution < 1.29 is 14.7 Å². The third kappa shape index (κ3) is 6.19. The lowest BCUT2D eigenvalue weighted by molar-refractivity contribution is -0.137. The molecule has 1 aromatic heterocycles. The molecule has 3 N–H and O–H groups in total. The number of nitrogens with zero attached hydrogens (tertiary/aromatic N) is 1. The molecule has 0 aromatic carbocycles. The number of hydrogen-bond acceptors (Lipinski definition) is 4. The highest BCUT2D eigenvalue weighted by atomic mass is 32.1. The van der Waals surface area contributed by atoms with Crippen molar-refractivity contribution in [1.82, 2.24) is 15.6 Å². The van der Waals surface area contributed by atoms with Crippen molar-refractivity contribution in [3.63, 3.8) is 0 Å². The number of aromatic nitrogens is 1. The molecule has 1 atom stereocenters. The maximum atomic E-state index is 11.5. The smallest absolute Gasteiger partial charge is 0.315 e. The van der Waals surface area contributed by atoms with Gasteiger partial charge >= 0.3 is 12.0 Å². The van der Waals surface area contributed by atoms with E-state index in [-0.39, 0.29) is 18.5 Å². The van der Waals surface area contributed by atoms with Crippen molar-refractivity contribution in [2.45, 2.75) is 38.8 Å². The van der Waals surface area contributed by atoms with E-state index in [9.17, 15) is 9.59 Å². The number of carbonyl (C=O) groups excluding carboxylic acids is 1. The van der Waals surface area contributed by atoms with Crippen LogP contribution in [0.1, 0.15) is 31.9 Å². The Kier molecular flexibility index (Phi) is 6.13. The lowest BCUT2D eigenvalue weighted by atomic mass is 10.1. The highest BCUT2D eigenvalue weighted by Crippen LogP contribution is 2.01. The van der Waals surface area contributed by atoms with Crippen LogP contribution in [0, 0.1) is 0 Å². The van der Waals surface area contributed by atoms with Crippen LogP contribution in [0.15, 0.2) is 10.9 Å². The summed E-state index contributed by atoms with van der Waals surface area (Å²) in [5, 5.41) is 15.8. The van der Waals surface area contributed by atoms with Gasteiger partial charge in [-0.3, -0.25) is 4.79 Å². The first-order valence-corrected chi connectivity index (χ1v) is 6.65. The van der Waals surface area contributed by atoms with Crippen LogP contribution in [0.3, 0.4) is 0 Å². The van der Waals surface area contributed by atoms with Crippen molar-refractivity contribution in [2.24, 2.45) is 0 Å². The summed E-state index contributed by atoms with van der Waals surface area (Å²) in [5.41, 5.74) is 2.54. The third-order valence-corrected chi connectivity index (χ3v) is 2.95. The number of aliphatic carboxylic acids is 1. The van der Waals surface area contributed by atoms with E-state index in [4.69, 9.17) is 5.11 Å². The summed E-state index contributed by atoms with van der Waals surface area (Å²) in [4.78, 5) is 25.9. The second-order valence-electron chi connectivity index (χ2n) is 3.99. The number of hydrogen-bond donors (Lipinski definition) is 3. The largest absolute Gasteiger partial charge is 0.481 e. The van der Waals surface area contributed by atoms with Crippen LogP contribution < -0.4 is 10.6 Å². The first-order chi connectivity index (χ1) is 8.58. The van der Waals surface area contributed by atoms with Crippen molar-refractivity contribution >= 4 is 23.3 Å². The zero-order valence-corrected chi connectivity index (χ0v) is 11.0. The van der Waals surface area contributed by atoms with Crippen LogP contribution in [-0.4, -0.2) is 28.1 Å². The second-order valence-corrected chi connectivity index (χ2v) is 4.71. The van der Waals surface area contributed by atoms with Crippen LogP contribution in [0.25, 0.3) is 0 Å². The molecule has 100 valence electrons. The SMILES string of the molecule is CC(CCCC(=O)O)NC(=O)NCc1cscn1. The Morgan fingerprint density at radius 1 is 1.56 bits per heavy atom. The number of urea groups is 1. The summed E-state index contributed by atoms with van der Waals surface area (Å²) in [6, 6.07) is -0.300. The fraction of sp³-hybridized carbons (Fsp3) is 0.545. The molecule has 6 nitrogen and oxygen atoms in total. The van der Waals surface area contributed by atoms with Gasteiger partial charge in [0.15, 0.2) is 0 Å². The van der Waals surface area contributed by atoms with Gasteiger partial charge in [0, 0.05) is 17.8 Å². The Hall–Kier alpha value is -1.63. The number of carbonyl (C=O) groups is 2. The van der Waals surface area contributed by atoms with E-state index in [2.05, 4.69) is 15.6 Å². The highest BCUT2D eigenvalue weighted by Gasteiger charge is 2.08. The maximum absolute atomic E-state index is 11.5. The fourth-order valence-electron chi connectivity index (χ4n) is 1.40. The van der Waals surface area contributed by atoms with E-state index in [1.54, 1.807) is 5.51 Å². The molecule has 0 saturated heterocycles. The lowest BCUT2D eigenvalue weighted by Crippen LogP contribution is -2.40. The zero-order chi connectivity index (χ0) is 13.4. The molecule has 1 aromatic rings. The topological polar surface area (TPSA) is 91.3 Å². The van der Waals surface area contributed by atoms with E-state index in [0.29, 0.717) is 19.4 Å². The summed E-state index contributed by atoms with van der Waals surface area (Å²) in [5.74, 6) is -0.810. The predicted octanol–water partition coefficient (Wildman–Crippen LogP) is 1.59. The predicted molar refractivity (Wildman–Crippen MR) is 68.4 cm³/mol. The quantitative estimate of drug-likeness (QED) is 0.702. The van der Waals surface area contributed by atoms with Gasteiger partial charge in [-0.2, -0.15) is 0 Å². The number of carboxylic acids is 1. The van der Waals surface area contributed by atoms with Gasteiger partial charge < -0.3 is 15.7 Å². The fourth-order valence-corrected chi connectivity index (χ4v) is 1.96. The molecule has 0 radical (unpaired) electrons. The molecule has 1 heterocycles. The van der Waals surface area contributed by atoms with E-state index >= 15 is 0 Å². The summed E-state index contributed by atoms with van der Waals surface area (Å²) in [7, 11) is 0. The summed E-state index contributed by atoms with van der Waals surface area (Å²) >= 11 is 1.48. The van der Waals surface area contributed by atoms with Gasteiger partial charge in [0.25, 0.3) is 0 Å². The third-order valence-electron chi connectivity index (χ3n) is 2.32. The Morgan fingerprint density at radius 2 is 2.33 bits per heavy atom. The minimum absolute atomic E-state index is 0.0419. The molecule has 1 rings (SSSR count). The molecule has 0 spiro atoms. The van der Waals surface area contributed by atoms with Gasteiger partial charge in [-0.15, -0.1) is 11.3 Å². The monoisotopic (exact) mass is 271 g/mol.